The monoisotopic (exact) mass is 335 g/mol. The minimum Gasteiger partial charge on any atom is -0.478 e. The van der Waals surface area contributed by atoms with Crippen molar-refractivity contribution in [2.24, 2.45) is 0 Å². The van der Waals surface area contributed by atoms with Gasteiger partial charge in [0.05, 0.1) is 6.33 Å². The molecule has 0 aliphatic carbocycles. The number of imidazole rings is 1. The molecule has 0 fully saturated rings. The van der Waals surface area contributed by atoms with Gasteiger partial charge in [-0.15, -0.1) is 0 Å². The van der Waals surface area contributed by atoms with Crippen molar-refractivity contribution < 1.29 is 9.53 Å². The van der Waals surface area contributed by atoms with Crippen LogP contribution in [0.4, 0.5) is 0 Å². The highest BCUT2D eigenvalue weighted by Gasteiger charge is 2.29. The zero-order chi connectivity index (χ0) is 16.9. The summed E-state index contributed by atoms with van der Waals surface area (Å²) in [5.41, 5.74) is -0.0318. The molecule has 0 saturated heterocycles. The van der Waals surface area contributed by atoms with E-state index in [9.17, 15) is 4.79 Å². The maximum Gasteiger partial charge on any atom is 0.263 e. The van der Waals surface area contributed by atoms with Crippen LogP contribution in [0.2, 0.25) is 5.02 Å². The molecule has 0 radical (unpaired) electrons. The Morgan fingerprint density at radius 3 is 2.87 bits per heavy atom. The van der Waals surface area contributed by atoms with E-state index in [0.29, 0.717) is 17.3 Å². The minimum absolute atomic E-state index is 0.143. The first-order chi connectivity index (χ1) is 10.9. The van der Waals surface area contributed by atoms with Crippen LogP contribution in [0, 0.1) is 6.92 Å². The van der Waals surface area contributed by atoms with Crippen LogP contribution in [-0.4, -0.2) is 27.6 Å². The molecule has 124 valence electrons. The third kappa shape index (κ3) is 4.99. The Balaban J connectivity index is 1.82. The van der Waals surface area contributed by atoms with Crippen LogP contribution in [0.15, 0.2) is 36.9 Å². The van der Waals surface area contributed by atoms with E-state index in [0.717, 1.165) is 18.5 Å². The van der Waals surface area contributed by atoms with Gasteiger partial charge in [-0.3, -0.25) is 4.79 Å². The lowest BCUT2D eigenvalue weighted by Gasteiger charge is -2.25. The summed E-state index contributed by atoms with van der Waals surface area (Å²) in [6.45, 7) is 6.81. The number of carbonyl (C=O) groups excluding carboxylic acids is 1. The molecule has 1 N–H and O–H groups in total. The van der Waals surface area contributed by atoms with Crippen LogP contribution in [0.25, 0.3) is 0 Å². The van der Waals surface area contributed by atoms with Crippen LogP contribution >= 0.6 is 11.6 Å². The van der Waals surface area contributed by atoms with Crippen molar-refractivity contribution in [1.29, 1.82) is 0 Å². The van der Waals surface area contributed by atoms with Crippen molar-refractivity contribution in [2.45, 2.75) is 39.3 Å². The standard InChI is InChI=1S/C17H22ClN3O2/c1-13-11-14(5-6-15(13)18)23-17(2,3)16(22)20-7-4-9-21-10-8-19-12-21/h5-6,8,10-12H,4,7,9H2,1-3H3,(H,20,22). The third-order valence-electron chi connectivity index (χ3n) is 3.49. The average molecular weight is 336 g/mol. The van der Waals surface area contributed by atoms with Gasteiger partial charge in [0, 0.05) is 30.5 Å². The van der Waals surface area contributed by atoms with Gasteiger partial charge in [0.25, 0.3) is 5.91 Å². The molecule has 2 aromatic rings. The Hall–Kier alpha value is -2.01. The van der Waals surface area contributed by atoms with Gasteiger partial charge in [-0.05, 0) is 51.0 Å². The second kappa shape index (κ2) is 7.51. The van der Waals surface area contributed by atoms with Crippen LogP contribution in [0.1, 0.15) is 25.8 Å². The molecule has 1 heterocycles. The van der Waals surface area contributed by atoms with Crippen molar-refractivity contribution in [3.05, 3.63) is 47.5 Å². The highest BCUT2D eigenvalue weighted by Crippen LogP contribution is 2.24. The van der Waals surface area contributed by atoms with E-state index >= 15 is 0 Å². The Morgan fingerprint density at radius 2 is 2.22 bits per heavy atom. The van der Waals surface area contributed by atoms with Gasteiger partial charge in [0.1, 0.15) is 5.75 Å². The van der Waals surface area contributed by atoms with E-state index in [2.05, 4.69) is 10.3 Å². The summed E-state index contributed by atoms with van der Waals surface area (Å²) in [7, 11) is 0. The number of rotatable bonds is 7. The lowest BCUT2D eigenvalue weighted by atomic mass is 10.1. The fraction of sp³-hybridized carbons (Fsp3) is 0.412. The number of hydrogen-bond acceptors (Lipinski definition) is 3. The summed E-state index contributed by atoms with van der Waals surface area (Å²) in [6, 6.07) is 5.37. The van der Waals surface area contributed by atoms with Crippen molar-refractivity contribution in [3.8, 4) is 5.75 Å². The zero-order valence-electron chi connectivity index (χ0n) is 13.7. The molecule has 2 rings (SSSR count). The van der Waals surface area contributed by atoms with E-state index in [4.69, 9.17) is 16.3 Å². The Morgan fingerprint density at radius 1 is 1.43 bits per heavy atom. The average Bonchev–Trinajstić information content (AvgIpc) is 3.00. The number of benzene rings is 1. The van der Waals surface area contributed by atoms with Gasteiger partial charge in [-0.2, -0.15) is 0 Å². The lowest BCUT2D eigenvalue weighted by Crippen LogP contribution is -2.46. The maximum atomic E-state index is 12.3. The summed E-state index contributed by atoms with van der Waals surface area (Å²) >= 11 is 6.00. The summed E-state index contributed by atoms with van der Waals surface area (Å²) in [5.74, 6) is 0.487. The number of ether oxygens (including phenoxy) is 1. The predicted molar refractivity (Wildman–Crippen MR) is 90.7 cm³/mol. The smallest absolute Gasteiger partial charge is 0.263 e. The van der Waals surface area contributed by atoms with E-state index in [1.54, 1.807) is 38.5 Å². The molecule has 0 atom stereocenters. The zero-order valence-corrected chi connectivity index (χ0v) is 14.4. The fourth-order valence-electron chi connectivity index (χ4n) is 2.12. The van der Waals surface area contributed by atoms with Crippen molar-refractivity contribution in [2.75, 3.05) is 6.54 Å². The van der Waals surface area contributed by atoms with Gasteiger partial charge in [0.15, 0.2) is 5.60 Å². The number of aromatic nitrogens is 2. The SMILES string of the molecule is Cc1cc(OC(C)(C)C(=O)NCCCn2ccnc2)ccc1Cl. The van der Waals surface area contributed by atoms with E-state index < -0.39 is 5.60 Å². The van der Waals surface area contributed by atoms with E-state index in [1.807, 2.05) is 23.8 Å². The molecule has 0 unspecified atom stereocenters. The molecule has 1 aromatic carbocycles. The summed E-state index contributed by atoms with van der Waals surface area (Å²) in [4.78, 5) is 16.3. The Kier molecular flexibility index (Phi) is 5.66. The largest absolute Gasteiger partial charge is 0.478 e. The van der Waals surface area contributed by atoms with Gasteiger partial charge in [-0.25, -0.2) is 4.98 Å². The molecule has 0 aliphatic heterocycles. The van der Waals surface area contributed by atoms with E-state index in [1.165, 1.54) is 0 Å². The number of nitrogens with one attached hydrogen (secondary N) is 1. The Bertz CT molecular complexity index is 654. The van der Waals surface area contributed by atoms with Crippen LogP contribution in [-0.2, 0) is 11.3 Å². The molecule has 23 heavy (non-hydrogen) atoms. The first-order valence-corrected chi connectivity index (χ1v) is 7.95. The molecule has 6 heteroatoms. The highest BCUT2D eigenvalue weighted by molar-refractivity contribution is 6.31. The number of amides is 1. The molecule has 1 amide bonds. The topological polar surface area (TPSA) is 56.1 Å². The van der Waals surface area contributed by atoms with Crippen LogP contribution in [0.3, 0.4) is 0 Å². The summed E-state index contributed by atoms with van der Waals surface area (Å²) < 4.78 is 7.79. The van der Waals surface area contributed by atoms with Gasteiger partial charge in [-0.1, -0.05) is 11.6 Å². The number of halogens is 1. The molecule has 0 saturated carbocycles. The molecule has 0 aliphatic rings. The quantitative estimate of drug-likeness (QED) is 0.790. The van der Waals surface area contributed by atoms with Gasteiger partial charge < -0.3 is 14.6 Å². The molecular weight excluding hydrogens is 314 g/mol. The summed E-state index contributed by atoms with van der Waals surface area (Å²) in [5, 5.41) is 3.59. The number of aryl methyl sites for hydroxylation is 2. The number of carbonyl (C=O) groups is 1. The van der Waals surface area contributed by atoms with Crippen LogP contribution < -0.4 is 10.1 Å². The fourth-order valence-corrected chi connectivity index (χ4v) is 2.23. The molecular formula is C17H22ClN3O2. The van der Waals surface area contributed by atoms with Crippen LogP contribution in [0.5, 0.6) is 5.75 Å². The summed E-state index contributed by atoms with van der Waals surface area (Å²) in [6.07, 6.45) is 6.23. The normalized spacial score (nSPS) is 11.3. The third-order valence-corrected chi connectivity index (χ3v) is 3.91. The first-order valence-electron chi connectivity index (χ1n) is 7.58. The molecule has 1 aromatic heterocycles. The first kappa shape index (κ1) is 17.3. The van der Waals surface area contributed by atoms with Crippen molar-refractivity contribution in [3.63, 3.8) is 0 Å². The molecule has 0 bridgehead atoms. The second-order valence-corrected chi connectivity index (χ2v) is 6.34. The van der Waals surface area contributed by atoms with Crippen molar-refractivity contribution in [1.82, 2.24) is 14.9 Å². The highest BCUT2D eigenvalue weighted by atomic mass is 35.5. The Labute approximate surface area is 141 Å². The molecule has 5 nitrogen and oxygen atoms in total. The van der Waals surface area contributed by atoms with E-state index in [-0.39, 0.29) is 5.91 Å². The van der Waals surface area contributed by atoms with Gasteiger partial charge in [0.2, 0.25) is 0 Å². The molecule has 0 spiro atoms. The maximum absolute atomic E-state index is 12.3. The second-order valence-electron chi connectivity index (χ2n) is 5.93. The number of hydrogen-bond donors (Lipinski definition) is 1. The van der Waals surface area contributed by atoms with Gasteiger partial charge >= 0.3 is 0 Å². The lowest BCUT2D eigenvalue weighted by molar-refractivity contribution is -0.134. The van der Waals surface area contributed by atoms with Crippen molar-refractivity contribution >= 4 is 17.5 Å². The predicted octanol–water partition coefficient (Wildman–Crippen LogP) is 3.21. The number of nitrogens with zero attached hydrogens (tertiary/aromatic N) is 2. The minimum atomic E-state index is -0.949.